The summed E-state index contributed by atoms with van der Waals surface area (Å²) >= 11 is 0. The van der Waals surface area contributed by atoms with Crippen LogP contribution in [0.5, 0.6) is 0 Å². The first-order valence-electron chi connectivity index (χ1n) is 14.9. The number of benzene rings is 1. The van der Waals surface area contributed by atoms with Crippen LogP contribution in [0.25, 0.3) is 17.0 Å². The summed E-state index contributed by atoms with van der Waals surface area (Å²) in [5.41, 5.74) is -2.40. The Balaban J connectivity index is 1.67. The molecule has 0 radical (unpaired) electrons. The van der Waals surface area contributed by atoms with Gasteiger partial charge in [0.2, 0.25) is 5.43 Å². The minimum absolute atomic E-state index is 0.0567. The lowest BCUT2D eigenvalue weighted by Gasteiger charge is -2.28. The van der Waals surface area contributed by atoms with Crippen LogP contribution >= 0.6 is 0 Å². The maximum absolute atomic E-state index is 15.4. The van der Waals surface area contributed by atoms with Gasteiger partial charge in [-0.2, -0.15) is 0 Å². The number of likely N-dealkylation sites (tertiary alicyclic amines) is 1. The molecule has 2 amide bonds. The fourth-order valence-electron chi connectivity index (χ4n) is 5.25. The molecule has 0 unspecified atom stereocenters. The number of halogens is 2. The Kier molecular flexibility index (Phi) is 9.41. The quantitative estimate of drug-likeness (QED) is 0.295. The molecule has 1 N–H and O–H groups in total. The van der Waals surface area contributed by atoms with Crippen molar-refractivity contribution in [2.45, 2.75) is 103 Å². The summed E-state index contributed by atoms with van der Waals surface area (Å²) in [5.74, 6) is -3.18. The summed E-state index contributed by atoms with van der Waals surface area (Å²) in [5, 5.41) is 2.67. The van der Waals surface area contributed by atoms with Gasteiger partial charge in [0.25, 0.3) is 0 Å². The lowest BCUT2D eigenvalue weighted by molar-refractivity contribution is 0.0220. The molecule has 1 aliphatic heterocycles. The fourth-order valence-corrected chi connectivity index (χ4v) is 5.25. The second-order valence-electron chi connectivity index (χ2n) is 13.2. The number of carbonyl (C=O) groups is 3. The van der Waals surface area contributed by atoms with Crippen LogP contribution in [0.2, 0.25) is 0 Å². The van der Waals surface area contributed by atoms with E-state index in [-0.39, 0.29) is 47.6 Å². The number of alkyl carbamates (subject to hydrolysis) is 1. The molecule has 2 heterocycles. The van der Waals surface area contributed by atoms with E-state index in [0.717, 1.165) is 18.9 Å². The molecule has 44 heavy (non-hydrogen) atoms. The van der Waals surface area contributed by atoms with Gasteiger partial charge in [0.05, 0.1) is 23.6 Å². The fraction of sp³-hybridized carbons (Fsp3) is 0.562. The third kappa shape index (κ3) is 7.75. The van der Waals surface area contributed by atoms with E-state index in [2.05, 4.69) is 5.32 Å². The summed E-state index contributed by atoms with van der Waals surface area (Å²) in [6, 6.07) is -0.130. The highest BCUT2D eigenvalue weighted by molar-refractivity contribution is 5.96. The molecule has 12 heteroatoms. The number of aromatic nitrogens is 1. The Morgan fingerprint density at radius 3 is 2.32 bits per heavy atom. The number of fused-ring (bicyclic) bond motifs is 1. The van der Waals surface area contributed by atoms with Crippen molar-refractivity contribution >= 4 is 35.1 Å². The average molecular weight is 618 g/mol. The SMILES string of the molecule is CCOC(=O)c1cn(C2CC2)c2c(/C=C\C[C@H]3C[C@H](NC(=O)OC(C)(C)C)CN3C(=O)OC(C)(C)C)c(F)c(F)cc2c1=O. The molecule has 1 aromatic heterocycles. The summed E-state index contributed by atoms with van der Waals surface area (Å²) < 4.78 is 47.8. The molecule has 2 aliphatic rings. The molecule has 1 saturated heterocycles. The third-order valence-electron chi connectivity index (χ3n) is 7.13. The van der Waals surface area contributed by atoms with Crippen LogP contribution in [0.3, 0.4) is 0 Å². The highest BCUT2D eigenvalue weighted by Crippen LogP contribution is 2.39. The highest BCUT2D eigenvalue weighted by atomic mass is 19.2. The smallest absolute Gasteiger partial charge is 0.410 e. The molecule has 1 aliphatic carbocycles. The van der Waals surface area contributed by atoms with Gasteiger partial charge < -0.3 is 29.0 Å². The Hall–Kier alpha value is -3.96. The van der Waals surface area contributed by atoms with Crippen molar-refractivity contribution in [3.63, 3.8) is 0 Å². The number of ether oxygens (including phenoxy) is 3. The van der Waals surface area contributed by atoms with Crippen molar-refractivity contribution in [3.8, 4) is 0 Å². The van der Waals surface area contributed by atoms with Gasteiger partial charge in [-0.3, -0.25) is 4.79 Å². The minimum Gasteiger partial charge on any atom is -0.462 e. The molecule has 0 spiro atoms. The summed E-state index contributed by atoms with van der Waals surface area (Å²) in [6.07, 6.45) is 5.27. The highest BCUT2D eigenvalue weighted by Gasteiger charge is 2.38. The largest absolute Gasteiger partial charge is 0.462 e. The molecule has 4 rings (SSSR count). The first-order valence-corrected chi connectivity index (χ1v) is 14.9. The van der Waals surface area contributed by atoms with Crippen LogP contribution in [0.1, 0.15) is 96.1 Å². The predicted octanol–water partition coefficient (Wildman–Crippen LogP) is 6.10. The van der Waals surface area contributed by atoms with Crippen molar-refractivity contribution in [2.24, 2.45) is 0 Å². The van der Waals surface area contributed by atoms with Crippen LogP contribution < -0.4 is 10.7 Å². The molecule has 240 valence electrons. The second-order valence-corrected chi connectivity index (χ2v) is 13.2. The Labute approximate surface area is 255 Å². The molecule has 2 atom stereocenters. The van der Waals surface area contributed by atoms with Gasteiger partial charge in [-0.1, -0.05) is 12.2 Å². The zero-order chi connectivity index (χ0) is 32.6. The molecule has 10 nitrogen and oxygen atoms in total. The zero-order valence-corrected chi connectivity index (χ0v) is 26.3. The molecular weight excluding hydrogens is 576 g/mol. The average Bonchev–Trinajstić information content (AvgIpc) is 3.65. The predicted molar refractivity (Wildman–Crippen MR) is 161 cm³/mol. The van der Waals surface area contributed by atoms with Gasteiger partial charge in [-0.15, -0.1) is 0 Å². The van der Waals surface area contributed by atoms with Gasteiger partial charge >= 0.3 is 18.2 Å². The number of carbonyl (C=O) groups excluding carboxylic acids is 3. The second kappa shape index (κ2) is 12.6. The van der Waals surface area contributed by atoms with E-state index in [4.69, 9.17) is 14.2 Å². The van der Waals surface area contributed by atoms with Crippen molar-refractivity contribution < 1.29 is 37.4 Å². The molecule has 1 saturated carbocycles. The van der Waals surface area contributed by atoms with Crippen LogP contribution in [-0.2, 0) is 14.2 Å². The monoisotopic (exact) mass is 617 g/mol. The standard InChI is InChI=1S/C32H41F2N3O7/c1-8-42-28(39)23-17-36(19-12-13-19)26-21(25(34)24(33)15-22(26)27(23)38)11-9-10-20-14-18(35-29(40)43-31(2,3)4)16-37(20)30(41)44-32(5,6)7/h9,11,15,17-20H,8,10,12-14,16H2,1-7H3,(H,35,40)/b11-9-/t18-,20-/m0/s1. The number of hydrogen-bond acceptors (Lipinski definition) is 7. The third-order valence-corrected chi connectivity index (χ3v) is 7.13. The first kappa shape index (κ1) is 32.9. The van der Waals surface area contributed by atoms with Crippen molar-refractivity contribution in [3.05, 3.63) is 51.3 Å². The van der Waals surface area contributed by atoms with Crippen LogP contribution in [0, 0.1) is 11.6 Å². The van der Waals surface area contributed by atoms with E-state index in [1.807, 2.05) is 0 Å². The molecule has 2 aromatic rings. The number of esters is 1. The maximum Gasteiger partial charge on any atom is 0.410 e. The van der Waals surface area contributed by atoms with Gasteiger partial charge in [0.15, 0.2) is 11.6 Å². The van der Waals surface area contributed by atoms with E-state index >= 15 is 4.39 Å². The zero-order valence-electron chi connectivity index (χ0n) is 26.3. The molecule has 0 bridgehead atoms. The molecule has 2 fully saturated rings. The van der Waals surface area contributed by atoms with Crippen molar-refractivity contribution in [1.29, 1.82) is 0 Å². The van der Waals surface area contributed by atoms with Gasteiger partial charge in [-0.25, -0.2) is 23.2 Å². The summed E-state index contributed by atoms with van der Waals surface area (Å²) in [7, 11) is 0. The van der Waals surface area contributed by atoms with Gasteiger partial charge in [-0.05, 0) is 80.2 Å². The lowest BCUT2D eigenvalue weighted by Crippen LogP contribution is -2.43. The summed E-state index contributed by atoms with van der Waals surface area (Å²) in [4.78, 5) is 52.8. The topological polar surface area (TPSA) is 116 Å². The van der Waals surface area contributed by atoms with Crippen molar-refractivity contribution in [2.75, 3.05) is 13.2 Å². The Morgan fingerprint density at radius 1 is 1.07 bits per heavy atom. The lowest BCUT2D eigenvalue weighted by atomic mass is 10.0. The maximum atomic E-state index is 15.4. The van der Waals surface area contributed by atoms with Crippen LogP contribution in [0.4, 0.5) is 18.4 Å². The number of hydrogen-bond donors (Lipinski definition) is 1. The van der Waals surface area contributed by atoms with E-state index in [1.54, 1.807) is 59.1 Å². The molecule has 1 aromatic carbocycles. The first-order chi connectivity index (χ1) is 20.5. The summed E-state index contributed by atoms with van der Waals surface area (Å²) in [6.45, 7) is 12.3. The molecular formula is C32H41F2N3O7. The van der Waals surface area contributed by atoms with E-state index in [1.165, 1.54) is 17.2 Å². The van der Waals surface area contributed by atoms with Crippen LogP contribution in [-0.4, -0.2) is 64.1 Å². The normalized spacial score (nSPS) is 19.0. The van der Waals surface area contributed by atoms with Gasteiger partial charge in [0, 0.05) is 30.4 Å². The number of nitrogens with zero attached hydrogens (tertiary/aromatic N) is 2. The minimum atomic E-state index is -1.23. The van der Waals surface area contributed by atoms with Crippen LogP contribution in [0.15, 0.2) is 23.1 Å². The van der Waals surface area contributed by atoms with Crippen molar-refractivity contribution in [1.82, 2.24) is 14.8 Å². The number of amides is 2. The Morgan fingerprint density at radius 2 is 1.73 bits per heavy atom. The van der Waals surface area contributed by atoms with E-state index in [0.29, 0.717) is 6.42 Å². The van der Waals surface area contributed by atoms with Gasteiger partial charge in [0.1, 0.15) is 16.8 Å². The van der Waals surface area contributed by atoms with E-state index < -0.39 is 58.5 Å². The van der Waals surface area contributed by atoms with E-state index in [9.17, 15) is 23.6 Å². The number of nitrogens with one attached hydrogen (secondary N) is 1. The Bertz CT molecular complexity index is 1530. The number of pyridine rings is 1. The number of rotatable bonds is 7.